The number of hydrogen-bond acceptors (Lipinski definition) is 4. The number of rotatable bonds is 8. The van der Waals surface area contributed by atoms with Crippen LogP contribution in [0.1, 0.15) is 39.5 Å². The highest BCUT2D eigenvalue weighted by atomic mass is 32.2. The molecule has 0 aromatic rings. The van der Waals surface area contributed by atoms with Crippen molar-refractivity contribution >= 4 is 10.0 Å². The van der Waals surface area contributed by atoms with Crippen molar-refractivity contribution in [3.05, 3.63) is 0 Å². The first-order valence-electron chi connectivity index (χ1n) is 7.38. The van der Waals surface area contributed by atoms with Gasteiger partial charge in [-0.3, -0.25) is 0 Å². The Morgan fingerprint density at radius 1 is 1.37 bits per heavy atom. The highest BCUT2D eigenvalue weighted by molar-refractivity contribution is 7.89. The molecule has 1 aliphatic rings. The first-order chi connectivity index (χ1) is 8.92. The molecule has 0 aliphatic carbocycles. The molecule has 114 valence electrons. The Bertz CT molecular complexity index is 338. The van der Waals surface area contributed by atoms with Gasteiger partial charge in [0.05, 0.1) is 5.75 Å². The normalized spacial score (nSPS) is 20.6. The lowest BCUT2D eigenvalue weighted by atomic mass is 9.90. The standard InChI is InChI=1S/C13H29N3O2S/c1-3-8-16-9-5-13(6-10-16)12(2)15-7-4-11-19(14,17)18/h12-13,15H,3-11H2,1-2H3,(H2,14,17,18). The smallest absolute Gasteiger partial charge is 0.209 e. The molecule has 1 unspecified atom stereocenters. The van der Waals surface area contributed by atoms with Crippen LogP contribution in [0.25, 0.3) is 0 Å². The molecule has 1 heterocycles. The molecule has 0 radical (unpaired) electrons. The van der Waals surface area contributed by atoms with Crippen molar-refractivity contribution < 1.29 is 8.42 Å². The minimum atomic E-state index is -3.31. The summed E-state index contributed by atoms with van der Waals surface area (Å²) in [6.07, 6.45) is 4.30. The van der Waals surface area contributed by atoms with Crippen LogP contribution in [0.5, 0.6) is 0 Å². The number of sulfonamides is 1. The van der Waals surface area contributed by atoms with Gasteiger partial charge >= 0.3 is 0 Å². The number of piperidine rings is 1. The first-order valence-corrected chi connectivity index (χ1v) is 9.10. The number of nitrogens with two attached hydrogens (primary N) is 1. The van der Waals surface area contributed by atoms with Crippen LogP contribution in [0.3, 0.4) is 0 Å². The zero-order valence-electron chi connectivity index (χ0n) is 12.3. The lowest BCUT2D eigenvalue weighted by Gasteiger charge is -2.35. The Kier molecular flexibility index (Phi) is 7.28. The van der Waals surface area contributed by atoms with Crippen LogP contribution in [0, 0.1) is 5.92 Å². The van der Waals surface area contributed by atoms with Crippen molar-refractivity contribution in [3.8, 4) is 0 Å². The average molecular weight is 291 g/mol. The zero-order valence-corrected chi connectivity index (χ0v) is 13.1. The molecule has 6 heteroatoms. The molecular weight excluding hydrogens is 262 g/mol. The van der Waals surface area contributed by atoms with Crippen molar-refractivity contribution in [1.29, 1.82) is 0 Å². The van der Waals surface area contributed by atoms with E-state index in [1.807, 2.05) is 0 Å². The van der Waals surface area contributed by atoms with E-state index in [-0.39, 0.29) is 5.75 Å². The minimum Gasteiger partial charge on any atom is -0.314 e. The zero-order chi connectivity index (χ0) is 14.3. The lowest BCUT2D eigenvalue weighted by Crippen LogP contribution is -2.42. The van der Waals surface area contributed by atoms with Gasteiger partial charge in [0.1, 0.15) is 0 Å². The van der Waals surface area contributed by atoms with Gasteiger partial charge in [0.25, 0.3) is 0 Å². The first kappa shape index (κ1) is 16.9. The third-order valence-corrected chi connectivity index (χ3v) is 4.81. The van der Waals surface area contributed by atoms with E-state index in [0.717, 1.165) is 6.54 Å². The molecule has 5 nitrogen and oxygen atoms in total. The van der Waals surface area contributed by atoms with Crippen molar-refractivity contribution in [2.75, 3.05) is 31.9 Å². The minimum absolute atomic E-state index is 0.0711. The molecule has 0 aromatic carbocycles. The summed E-state index contributed by atoms with van der Waals surface area (Å²) < 4.78 is 21.6. The lowest BCUT2D eigenvalue weighted by molar-refractivity contribution is 0.163. The highest BCUT2D eigenvalue weighted by Gasteiger charge is 2.22. The van der Waals surface area contributed by atoms with E-state index in [0.29, 0.717) is 18.4 Å². The largest absolute Gasteiger partial charge is 0.314 e. The number of hydrogen-bond donors (Lipinski definition) is 2. The van der Waals surface area contributed by atoms with Gasteiger partial charge in [-0.25, -0.2) is 13.6 Å². The van der Waals surface area contributed by atoms with Crippen LogP contribution in [0.2, 0.25) is 0 Å². The van der Waals surface area contributed by atoms with Crippen LogP contribution in [0.15, 0.2) is 0 Å². The quantitative estimate of drug-likeness (QED) is 0.648. The molecule has 0 spiro atoms. The molecule has 1 saturated heterocycles. The fraction of sp³-hybridized carbons (Fsp3) is 1.00. The fourth-order valence-corrected chi connectivity index (χ4v) is 3.31. The van der Waals surface area contributed by atoms with Gasteiger partial charge in [0.15, 0.2) is 0 Å². The third kappa shape index (κ3) is 7.25. The monoisotopic (exact) mass is 291 g/mol. The Balaban J connectivity index is 2.15. The predicted octanol–water partition coefficient (Wildman–Crippen LogP) is 0.765. The molecule has 0 saturated carbocycles. The Labute approximate surface area is 118 Å². The second-order valence-electron chi connectivity index (χ2n) is 5.64. The molecule has 0 bridgehead atoms. The van der Waals surface area contributed by atoms with Crippen molar-refractivity contribution in [1.82, 2.24) is 10.2 Å². The van der Waals surface area contributed by atoms with Crippen LogP contribution in [-0.2, 0) is 10.0 Å². The second-order valence-corrected chi connectivity index (χ2v) is 7.38. The van der Waals surface area contributed by atoms with Crippen molar-refractivity contribution in [3.63, 3.8) is 0 Å². The number of likely N-dealkylation sites (tertiary alicyclic amines) is 1. The third-order valence-electron chi connectivity index (χ3n) is 3.95. The van der Waals surface area contributed by atoms with Crippen LogP contribution < -0.4 is 10.5 Å². The van der Waals surface area contributed by atoms with Gasteiger partial charge in [0.2, 0.25) is 10.0 Å². The van der Waals surface area contributed by atoms with Crippen LogP contribution in [-0.4, -0.2) is 51.3 Å². The molecule has 19 heavy (non-hydrogen) atoms. The van der Waals surface area contributed by atoms with E-state index in [2.05, 4.69) is 24.1 Å². The van der Waals surface area contributed by atoms with Crippen molar-refractivity contribution in [2.45, 2.75) is 45.6 Å². The predicted molar refractivity (Wildman–Crippen MR) is 79.5 cm³/mol. The number of nitrogens with zero attached hydrogens (tertiary/aromatic N) is 1. The Hall–Kier alpha value is -0.170. The highest BCUT2D eigenvalue weighted by Crippen LogP contribution is 2.20. The van der Waals surface area contributed by atoms with Gasteiger partial charge in [0, 0.05) is 6.04 Å². The summed E-state index contributed by atoms with van der Waals surface area (Å²) in [7, 11) is -3.31. The van der Waals surface area contributed by atoms with E-state index >= 15 is 0 Å². The summed E-state index contributed by atoms with van der Waals surface area (Å²) in [5.74, 6) is 0.782. The van der Waals surface area contributed by atoms with Gasteiger partial charge in [-0.1, -0.05) is 6.92 Å². The summed E-state index contributed by atoms with van der Waals surface area (Å²) in [6.45, 7) is 8.76. The van der Waals surface area contributed by atoms with Crippen LogP contribution >= 0.6 is 0 Å². The maximum atomic E-state index is 10.8. The number of primary sulfonamides is 1. The van der Waals surface area contributed by atoms with Gasteiger partial charge in [-0.2, -0.15) is 0 Å². The molecule has 1 fully saturated rings. The second kappa shape index (κ2) is 8.19. The fourth-order valence-electron chi connectivity index (χ4n) is 2.76. The maximum Gasteiger partial charge on any atom is 0.209 e. The summed E-state index contributed by atoms with van der Waals surface area (Å²) in [5.41, 5.74) is 0. The summed E-state index contributed by atoms with van der Waals surface area (Å²) in [6, 6.07) is 0.462. The SMILES string of the molecule is CCCN1CCC(C(C)NCCCS(N)(=O)=O)CC1. The van der Waals surface area contributed by atoms with Crippen LogP contribution in [0.4, 0.5) is 0 Å². The molecule has 1 aliphatic heterocycles. The van der Waals surface area contributed by atoms with E-state index in [9.17, 15) is 8.42 Å². The van der Waals surface area contributed by atoms with Crippen molar-refractivity contribution in [2.24, 2.45) is 11.1 Å². The molecular formula is C13H29N3O2S. The van der Waals surface area contributed by atoms with Gasteiger partial charge < -0.3 is 10.2 Å². The summed E-state index contributed by atoms with van der Waals surface area (Å²) in [5, 5.41) is 8.41. The molecule has 1 atom stereocenters. The van der Waals surface area contributed by atoms with E-state index < -0.39 is 10.0 Å². The Morgan fingerprint density at radius 2 is 2.00 bits per heavy atom. The molecule has 0 aromatic heterocycles. The van der Waals surface area contributed by atoms with E-state index in [1.165, 1.54) is 38.9 Å². The Morgan fingerprint density at radius 3 is 2.53 bits per heavy atom. The number of nitrogens with one attached hydrogen (secondary N) is 1. The maximum absolute atomic E-state index is 10.8. The summed E-state index contributed by atoms with van der Waals surface area (Å²) >= 11 is 0. The molecule has 3 N–H and O–H groups in total. The molecule has 1 rings (SSSR count). The summed E-state index contributed by atoms with van der Waals surface area (Å²) in [4.78, 5) is 2.53. The van der Waals surface area contributed by atoms with E-state index in [1.54, 1.807) is 0 Å². The van der Waals surface area contributed by atoms with E-state index in [4.69, 9.17) is 5.14 Å². The van der Waals surface area contributed by atoms with Gasteiger partial charge in [-0.05, 0) is 64.7 Å². The molecule has 0 amide bonds. The topological polar surface area (TPSA) is 75.4 Å². The van der Waals surface area contributed by atoms with Gasteiger partial charge in [-0.15, -0.1) is 0 Å². The average Bonchev–Trinajstić information content (AvgIpc) is 2.34.